The summed E-state index contributed by atoms with van der Waals surface area (Å²) in [5, 5.41) is 4.56. The van der Waals surface area contributed by atoms with Crippen LogP contribution in [-0.4, -0.2) is 25.3 Å². The van der Waals surface area contributed by atoms with E-state index >= 15 is 0 Å². The number of rotatable bonds is 4. The van der Waals surface area contributed by atoms with Crippen molar-refractivity contribution in [1.82, 2.24) is 9.78 Å². The lowest BCUT2D eigenvalue weighted by Crippen LogP contribution is -1.98. The van der Waals surface area contributed by atoms with Crippen molar-refractivity contribution >= 4 is 42.9 Å². The van der Waals surface area contributed by atoms with Gasteiger partial charge in [-0.15, -0.1) is 0 Å². The van der Waals surface area contributed by atoms with E-state index in [-0.39, 0.29) is 22.3 Å². The summed E-state index contributed by atoms with van der Waals surface area (Å²) in [5.41, 5.74) is 0.700. The molecule has 0 aliphatic carbocycles. The van der Waals surface area contributed by atoms with Crippen LogP contribution in [0.2, 0.25) is 10.2 Å². The van der Waals surface area contributed by atoms with Gasteiger partial charge < -0.3 is 4.74 Å². The van der Waals surface area contributed by atoms with Crippen LogP contribution in [0.1, 0.15) is 5.69 Å². The summed E-state index contributed by atoms with van der Waals surface area (Å²) in [5.74, 6) is 0. The molecular weight excluding hydrogens is 347 g/mol. The molecule has 0 saturated heterocycles. The SMILES string of the molecule is COCc1nn(-c2ccc(Cl)cc2)c(Cl)c1S(=O)(=O)Cl. The first-order chi connectivity index (χ1) is 9.34. The van der Waals surface area contributed by atoms with Crippen LogP contribution in [0, 0.1) is 0 Å². The summed E-state index contributed by atoms with van der Waals surface area (Å²) in [6.45, 7) is -0.0262. The Morgan fingerprint density at radius 3 is 2.35 bits per heavy atom. The topological polar surface area (TPSA) is 61.2 Å². The molecule has 0 N–H and O–H groups in total. The summed E-state index contributed by atoms with van der Waals surface area (Å²) in [6, 6.07) is 6.59. The molecule has 1 aromatic carbocycles. The van der Waals surface area contributed by atoms with Crippen LogP contribution < -0.4 is 0 Å². The fraction of sp³-hybridized carbons (Fsp3) is 0.182. The van der Waals surface area contributed by atoms with Gasteiger partial charge in [-0.1, -0.05) is 23.2 Å². The molecule has 5 nitrogen and oxygen atoms in total. The Kier molecular flexibility index (Phi) is 4.61. The molecule has 9 heteroatoms. The maximum atomic E-state index is 11.6. The number of nitrogens with zero attached hydrogens (tertiary/aromatic N) is 2. The van der Waals surface area contributed by atoms with Crippen LogP contribution >= 0.6 is 33.9 Å². The van der Waals surface area contributed by atoms with Gasteiger partial charge in [-0.25, -0.2) is 13.1 Å². The lowest BCUT2D eigenvalue weighted by Gasteiger charge is -2.02. The van der Waals surface area contributed by atoms with Gasteiger partial charge in [0.25, 0.3) is 9.05 Å². The summed E-state index contributed by atoms with van der Waals surface area (Å²) >= 11 is 11.9. The fourth-order valence-corrected chi connectivity index (χ4v) is 3.60. The normalized spacial score (nSPS) is 11.8. The zero-order chi connectivity index (χ0) is 14.9. The third-order valence-electron chi connectivity index (χ3n) is 2.45. The number of ether oxygens (including phenoxy) is 1. The predicted octanol–water partition coefficient (Wildman–Crippen LogP) is 3.25. The smallest absolute Gasteiger partial charge is 0.266 e. The first-order valence-corrected chi connectivity index (χ1v) is 8.38. The van der Waals surface area contributed by atoms with E-state index < -0.39 is 9.05 Å². The van der Waals surface area contributed by atoms with Crippen LogP contribution in [-0.2, 0) is 20.4 Å². The molecule has 1 heterocycles. The van der Waals surface area contributed by atoms with E-state index in [2.05, 4.69) is 5.10 Å². The number of hydrogen-bond acceptors (Lipinski definition) is 4. The molecule has 0 saturated carbocycles. The summed E-state index contributed by atoms with van der Waals surface area (Å²) in [7, 11) is 2.77. The van der Waals surface area contributed by atoms with Crippen LogP contribution in [0.3, 0.4) is 0 Å². The Labute approximate surface area is 130 Å². The Balaban J connectivity index is 2.64. The van der Waals surface area contributed by atoms with Crippen molar-refractivity contribution in [3.8, 4) is 5.69 Å². The third kappa shape index (κ3) is 3.10. The van der Waals surface area contributed by atoms with Crippen molar-refractivity contribution in [2.24, 2.45) is 0 Å². The second kappa shape index (κ2) is 5.91. The molecule has 0 spiro atoms. The van der Waals surface area contributed by atoms with E-state index in [1.807, 2.05) is 0 Å². The van der Waals surface area contributed by atoms with Crippen LogP contribution in [0.25, 0.3) is 5.69 Å². The van der Waals surface area contributed by atoms with Crippen molar-refractivity contribution in [3.63, 3.8) is 0 Å². The summed E-state index contributed by atoms with van der Waals surface area (Å²) < 4.78 is 29.4. The standard InChI is InChI=1S/C11H9Cl3N2O3S/c1-19-6-9-10(20(14,17)18)11(13)16(15-9)8-4-2-7(12)3-5-8/h2-5H,6H2,1H3. The zero-order valence-electron chi connectivity index (χ0n) is 10.2. The highest BCUT2D eigenvalue weighted by Gasteiger charge is 2.26. The molecular formula is C11H9Cl3N2O3S. The first kappa shape index (κ1) is 15.6. The summed E-state index contributed by atoms with van der Waals surface area (Å²) in [4.78, 5) is -0.252. The van der Waals surface area contributed by atoms with Gasteiger partial charge in [0.15, 0.2) is 5.15 Å². The van der Waals surface area contributed by atoms with Gasteiger partial charge >= 0.3 is 0 Å². The largest absolute Gasteiger partial charge is 0.378 e. The van der Waals surface area contributed by atoms with Crippen LogP contribution in [0.15, 0.2) is 29.2 Å². The van der Waals surface area contributed by atoms with E-state index in [1.165, 1.54) is 11.8 Å². The molecule has 0 amide bonds. The average molecular weight is 356 g/mol. The van der Waals surface area contributed by atoms with E-state index in [1.54, 1.807) is 24.3 Å². The molecule has 0 atom stereocenters. The molecule has 1 aromatic heterocycles. The second-order valence-electron chi connectivity index (χ2n) is 3.83. The Morgan fingerprint density at radius 2 is 1.85 bits per heavy atom. The highest BCUT2D eigenvalue weighted by atomic mass is 35.7. The third-order valence-corrected chi connectivity index (χ3v) is 4.54. The van der Waals surface area contributed by atoms with Crippen LogP contribution in [0.5, 0.6) is 0 Å². The minimum atomic E-state index is -4.03. The molecule has 0 radical (unpaired) electrons. The van der Waals surface area contributed by atoms with Gasteiger partial charge in [0.05, 0.1) is 12.3 Å². The molecule has 0 bridgehead atoms. The van der Waals surface area contributed by atoms with Gasteiger partial charge in [0.1, 0.15) is 10.6 Å². The maximum Gasteiger partial charge on any atom is 0.266 e. The Morgan fingerprint density at radius 1 is 1.25 bits per heavy atom. The average Bonchev–Trinajstić information content (AvgIpc) is 2.67. The monoisotopic (exact) mass is 354 g/mol. The molecule has 0 aliphatic rings. The quantitative estimate of drug-likeness (QED) is 0.790. The molecule has 0 fully saturated rings. The van der Waals surface area contributed by atoms with E-state index in [0.717, 1.165) is 0 Å². The predicted molar refractivity (Wildman–Crippen MR) is 77.3 cm³/mol. The van der Waals surface area contributed by atoms with Gasteiger partial charge in [0, 0.05) is 22.8 Å². The number of hydrogen-bond donors (Lipinski definition) is 0. The molecule has 20 heavy (non-hydrogen) atoms. The highest BCUT2D eigenvalue weighted by Crippen LogP contribution is 2.31. The Hall–Kier alpha value is -0.790. The van der Waals surface area contributed by atoms with Crippen molar-refractivity contribution in [2.75, 3.05) is 7.11 Å². The first-order valence-electron chi connectivity index (χ1n) is 5.31. The maximum absolute atomic E-state index is 11.6. The number of aromatic nitrogens is 2. The van der Waals surface area contributed by atoms with Gasteiger partial charge in [-0.05, 0) is 24.3 Å². The molecule has 2 rings (SSSR count). The lowest BCUT2D eigenvalue weighted by atomic mass is 10.3. The lowest BCUT2D eigenvalue weighted by molar-refractivity contribution is 0.179. The molecule has 2 aromatic rings. The molecule has 108 valence electrons. The van der Waals surface area contributed by atoms with E-state index in [9.17, 15) is 8.42 Å². The van der Waals surface area contributed by atoms with E-state index in [0.29, 0.717) is 10.7 Å². The van der Waals surface area contributed by atoms with Crippen molar-refractivity contribution < 1.29 is 13.2 Å². The Bertz CT molecular complexity index is 726. The van der Waals surface area contributed by atoms with Gasteiger partial charge in [-0.3, -0.25) is 0 Å². The number of halogens is 3. The highest BCUT2D eigenvalue weighted by molar-refractivity contribution is 8.13. The fourth-order valence-electron chi connectivity index (χ4n) is 1.65. The van der Waals surface area contributed by atoms with Crippen molar-refractivity contribution in [3.05, 3.63) is 40.1 Å². The molecule has 0 aliphatic heterocycles. The molecule has 0 unspecified atom stereocenters. The number of benzene rings is 1. The summed E-state index contributed by atoms with van der Waals surface area (Å²) in [6.07, 6.45) is 0. The minimum Gasteiger partial charge on any atom is -0.378 e. The van der Waals surface area contributed by atoms with Gasteiger partial charge in [0.2, 0.25) is 0 Å². The van der Waals surface area contributed by atoms with Crippen molar-refractivity contribution in [1.29, 1.82) is 0 Å². The van der Waals surface area contributed by atoms with E-state index in [4.69, 9.17) is 38.6 Å². The van der Waals surface area contributed by atoms with Crippen LogP contribution in [0.4, 0.5) is 0 Å². The minimum absolute atomic E-state index is 0.0262. The second-order valence-corrected chi connectivity index (χ2v) is 7.12. The zero-order valence-corrected chi connectivity index (χ0v) is 13.3. The van der Waals surface area contributed by atoms with Crippen molar-refractivity contribution in [2.45, 2.75) is 11.5 Å². The number of methoxy groups -OCH3 is 1. The van der Waals surface area contributed by atoms with Gasteiger partial charge in [-0.2, -0.15) is 5.10 Å².